The van der Waals surface area contributed by atoms with Crippen LogP contribution >= 0.6 is 22.9 Å². The lowest BCUT2D eigenvalue weighted by Gasteiger charge is -2.00. The fourth-order valence-corrected chi connectivity index (χ4v) is 2.79. The summed E-state index contributed by atoms with van der Waals surface area (Å²) in [6, 6.07) is 5.97. The summed E-state index contributed by atoms with van der Waals surface area (Å²) >= 11 is 7.70. The summed E-state index contributed by atoms with van der Waals surface area (Å²) < 4.78 is 0. The number of benzene rings is 1. The lowest BCUT2D eigenvalue weighted by atomic mass is 10.1. The second-order valence-electron chi connectivity index (χ2n) is 4.42. The van der Waals surface area contributed by atoms with Gasteiger partial charge in [0.1, 0.15) is 10.0 Å². The van der Waals surface area contributed by atoms with E-state index in [1.807, 2.05) is 19.1 Å². The lowest BCUT2D eigenvalue weighted by molar-refractivity contribution is 0.669. The van der Waals surface area contributed by atoms with Crippen molar-refractivity contribution in [1.29, 1.82) is 0 Å². The van der Waals surface area contributed by atoms with E-state index in [2.05, 4.69) is 28.5 Å². The Morgan fingerprint density at radius 3 is 2.89 bits per heavy atom. The Balaban J connectivity index is 2.01. The van der Waals surface area contributed by atoms with Crippen LogP contribution in [0.2, 0.25) is 5.02 Å². The molecule has 0 spiro atoms. The molecule has 0 amide bonds. The van der Waals surface area contributed by atoms with Crippen molar-refractivity contribution in [2.24, 2.45) is 0 Å². The quantitative estimate of drug-likeness (QED) is 0.826. The molecule has 0 saturated carbocycles. The molecule has 0 saturated heterocycles. The number of hydrogen-bond acceptors (Lipinski definition) is 4. The molecule has 0 bridgehead atoms. The third-order valence-electron chi connectivity index (χ3n) is 2.87. The van der Waals surface area contributed by atoms with Gasteiger partial charge in [0.25, 0.3) is 0 Å². The monoisotopic (exact) mass is 295 g/mol. The minimum Gasteiger partial charge on any atom is -0.317 e. The Kier molecular flexibility index (Phi) is 5.31. The van der Waals surface area contributed by atoms with E-state index in [9.17, 15) is 0 Å². The highest BCUT2D eigenvalue weighted by Crippen LogP contribution is 2.27. The van der Waals surface area contributed by atoms with Crippen molar-refractivity contribution in [1.82, 2.24) is 15.5 Å². The molecule has 0 atom stereocenters. The first-order valence-electron chi connectivity index (χ1n) is 6.50. The molecule has 1 aromatic carbocycles. The summed E-state index contributed by atoms with van der Waals surface area (Å²) in [5, 5.41) is 14.7. The molecule has 2 rings (SSSR count). The van der Waals surface area contributed by atoms with Gasteiger partial charge in [0, 0.05) is 17.0 Å². The molecule has 0 aliphatic rings. The highest BCUT2D eigenvalue weighted by Gasteiger charge is 2.07. The number of rotatable bonds is 6. The van der Waals surface area contributed by atoms with Gasteiger partial charge in [-0.05, 0) is 44.1 Å². The minimum absolute atomic E-state index is 0.791. The zero-order valence-electron chi connectivity index (χ0n) is 11.2. The van der Waals surface area contributed by atoms with Crippen LogP contribution < -0.4 is 5.32 Å². The largest absolute Gasteiger partial charge is 0.317 e. The van der Waals surface area contributed by atoms with Crippen molar-refractivity contribution >= 4 is 22.9 Å². The second kappa shape index (κ2) is 6.98. The van der Waals surface area contributed by atoms with Gasteiger partial charge in [-0.2, -0.15) is 0 Å². The highest BCUT2D eigenvalue weighted by atomic mass is 35.5. The van der Waals surface area contributed by atoms with E-state index >= 15 is 0 Å². The van der Waals surface area contributed by atoms with Crippen LogP contribution in [0.3, 0.4) is 0 Å². The molecule has 5 heteroatoms. The molecule has 0 radical (unpaired) electrons. The Morgan fingerprint density at radius 1 is 1.32 bits per heavy atom. The van der Waals surface area contributed by atoms with Crippen LogP contribution in [0.25, 0.3) is 10.6 Å². The summed E-state index contributed by atoms with van der Waals surface area (Å²) in [6.07, 6.45) is 2.08. The van der Waals surface area contributed by atoms with Crippen molar-refractivity contribution in [3.05, 3.63) is 33.8 Å². The van der Waals surface area contributed by atoms with Crippen LogP contribution in [-0.2, 0) is 6.42 Å². The minimum atomic E-state index is 0.791. The number of halogens is 1. The second-order valence-corrected chi connectivity index (χ2v) is 5.89. The first-order chi connectivity index (χ1) is 9.20. The van der Waals surface area contributed by atoms with Gasteiger partial charge >= 0.3 is 0 Å². The first-order valence-corrected chi connectivity index (χ1v) is 7.69. The van der Waals surface area contributed by atoms with E-state index in [0.29, 0.717) is 0 Å². The average Bonchev–Trinajstić information content (AvgIpc) is 2.87. The van der Waals surface area contributed by atoms with E-state index in [4.69, 9.17) is 11.6 Å². The highest BCUT2D eigenvalue weighted by molar-refractivity contribution is 7.14. The zero-order valence-corrected chi connectivity index (χ0v) is 12.8. The first kappa shape index (κ1) is 14.4. The van der Waals surface area contributed by atoms with E-state index in [0.717, 1.165) is 52.1 Å². The van der Waals surface area contributed by atoms with Gasteiger partial charge < -0.3 is 5.32 Å². The van der Waals surface area contributed by atoms with E-state index in [1.54, 1.807) is 11.3 Å². The van der Waals surface area contributed by atoms with E-state index < -0.39 is 0 Å². The zero-order chi connectivity index (χ0) is 13.7. The Hall–Kier alpha value is -0.970. The molecule has 1 N–H and O–H groups in total. The number of nitrogens with zero attached hydrogens (tertiary/aromatic N) is 2. The van der Waals surface area contributed by atoms with Crippen LogP contribution in [0.4, 0.5) is 0 Å². The number of aryl methyl sites for hydroxylation is 2. The molecule has 0 fully saturated rings. The maximum Gasteiger partial charge on any atom is 0.147 e. The maximum absolute atomic E-state index is 6.03. The Bertz CT molecular complexity index is 539. The summed E-state index contributed by atoms with van der Waals surface area (Å²) in [4.78, 5) is 0. The molecular formula is C14H18ClN3S. The summed E-state index contributed by atoms with van der Waals surface area (Å²) in [6.45, 7) is 6.17. The molecule has 102 valence electrons. The summed E-state index contributed by atoms with van der Waals surface area (Å²) in [5.41, 5.74) is 2.17. The van der Waals surface area contributed by atoms with Gasteiger partial charge in [-0.25, -0.2) is 0 Å². The molecule has 1 heterocycles. The molecule has 0 unspecified atom stereocenters. The third kappa shape index (κ3) is 4.00. The molecule has 0 aliphatic carbocycles. The Morgan fingerprint density at radius 2 is 2.16 bits per heavy atom. The smallest absolute Gasteiger partial charge is 0.147 e. The van der Waals surface area contributed by atoms with Crippen LogP contribution in [0.1, 0.15) is 23.9 Å². The van der Waals surface area contributed by atoms with E-state index in [1.165, 1.54) is 0 Å². The molecule has 2 aromatic rings. The molecular weight excluding hydrogens is 278 g/mol. The number of nitrogens with one attached hydrogen (secondary N) is 1. The standard InChI is InChI=1S/C14H18ClN3S/c1-3-16-8-4-5-13-17-18-14(19-13)11-6-7-12(15)10(2)9-11/h6-7,9,16H,3-5,8H2,1-2H3. The van der Waals surface area contributed by atoms with Crippen molar-refractivity contribution < 1.29 is 0 Å². The average molecular weight is 296 g/mol. The SMILES string of the molecule is CCNCCCc1nnc(-c2ccc(Cl)c(C)c2)s1. The van der Waals surface area contributed by atoms with Gasteiger partial charge in [-0.15, -0.1) is 10.2 Å². The predicted octanol–water partition coefficient (Wildman–Crippen LogP) is 3.71. The van der Waals surface area contributed by atoms with E-state index in [-0.39, 0.29) is 0 Å². The number of hydrogen-bond donors (Lipinski definition) is 1. The van der Waals surface area contributed by atoms with Gasteiger partial charge in [0.2, 0.25) is 0 Å². The van der Waals surface area contributed by atoms with Crippen molar-refractivity contribution in [2.75, 3.05) is 13.1 Å². The van der Waals surface area contributed by atoms with Gasteiger partial charge in [0.15, 0.2) is 0 Å². The fourth-order valence-electron chi connectivity index (χ4n) is 1.79. The Labute approximate surface area is 123 Å². The third-order valence-corrected chi connectivity index (χ3v) is 4.32. The van der Waals surface area contributed by atoms with Crippen LogP contribution in [0.15, 0.2) is 18.2 Å². The molecule has 3 nitrogen and oxygen atoms in total. The lowest BCUT2D eigenvalue weighted by Crippen LogP contribution is -2.14. The number of aromatic nitrogens is 2. The normalized spacial score (nSPS) is 10.9. The van der Waals surface area contributed by atoms with Crippen molar-refractivity contribution in [2.45, 2.75) is 26.7 Å². The summed E-state index contributed by atoms with van der Waals surface area (Å²) in [7, 11) is 0. The topological polar surface area (TPSA) is 37.8 Å². The fraction of sp³-hybridized carbons (Fsp3) is 0.429. The van der Waals surface area contributed by atoms with Gasteiger partial charge in [0.05, 0.1) is 0 Å². The van der Waals surface area contributed by atoms with Crippen molar-refractivity contribution in [3.8, 4) is 10.6 Å². The predicted molar refractivity (Wildman–Crippen MR) is 82.0 cm³/mol. The van der Waals surface area contributed by atoms with Crippen molar-refractivity contribution in [3.63, 3.8) is 0 Å². The van der Waals surface area contributed by atoms with Gasteiger partial charge in [-0.1, -0.05) is 35.9 Å². The molecule has 19 heavy (non-hydrogen) atoms. The molecule has 1 aromatic heterocycles. The van der Waals surface area contributed by atoms with Gasteiger partial charge in [-0.3, -0.25) is 0 Å². The van der Waals surface area contributed by atoms with Crippen LogP contribution in [-0.4, -0.2) is 23.3 Å². The maximum atomic E-state index is 6.03. The molecule has 0 aliphatic heterocycles. The van der Waals surface area contributed by atoms with Crippen LogP contribution in [0.5, 0.6) is 0 Å². The van der Waals surface area contributed by atoms with Crippen LogP contribution in [0, 0.1) is 6.92 Å². The summed E-state index contributed by atoms with van der Waals surface area (Å²) in [5.74, 6) is 0.